The SMILES string of the molecule is CSc1c(-c2cccc(F)c2)c(-c2ccccc2)nn1-c1ccccc1. The van der Waals surface area contributed by atoms with Crippen molar-refractivity contribution in [3.8, 4) is 28.1 Å². The number of rotatable bonds is 4. The van der Waals surface area contributed by atoms with E-state index in [9.17, 15) is 4.39 Å². The lowest BCUT2D eigenvalue weighted by atomic mass is 10.0. The van der Waals surface area contributed by atoms with Crippen LogP contribution in [0, 0.1) is 5.82 Å². The van der Waals surface area contributed by atoms with Gasteiger partial charge >= 0.3 is 0 Å². The van der Waals surface area contributed by atoms with Crippen molar-refractivity contribution in [1.29, 1.82) is 0 Å². The highest BCUT2D eigenvalue weighted by Gasteiger charge is 2.21. The van der Waals surface area contributed by atoms with Gasteiger partial charge in [0.15, 0.2) is 0 Å². The summed E-state index contributed by atoms with van der Waals surface area (Å²) in [4.78, 5) is 0. The van der Waals surface area contributed by atoms with Crippen LogP contribution in [0.25, 0.3) is 28.1 Å². The lowest BCUT2D eigenvalue weighted by Gasteiger charge is -2.08. The summed E-state index contributed by atoms with van der Waals surface area (Å²) in [5.74, 6) is -0.249. The molecule has 4 aromatic rings. The van der Waals surface area contributed by atoms with E-state index in [1.54, 1.807) is 23.9 Å². The zero-order valence-electron chi connectivity index (χ0n) is 14.3. The largest absolute Gasteiger partial charge is 0.226 e. The molecular weight excluding hydrogens is 343 g/mol. The van der Waals surface area contributed by atoms with Crippen LogP contribution in [0.15, 0.2) is 90.0 Å². The number of nitrogens with zero attached hydrogens (tertiary/aromatic N) is 2. The van der Waals surface area contributed by atoms with Crippen molar-refractivity contribution in [2.75, 3.05) is 6.26 Å². The molecule has 1 aromatic heterocycles. The predicted molar refractivity (Wildman–Crippen MR) is 106 cm³/mol. The van der Waals surface area contributed by atoms with Crippen LogP contribution in [0.1, 0.15) is 0 Å². The number of hydrogen-bond acceptors (Lipinski definition) is 2. The maximum Gasteiger partial charge on any atom is 0.123 e. The third-order valence-electron chi connectivity index (χ3n) is 4.20. The molecule has 26 heavy (non-hydrogen) atoms. The molecule has 0 unspecified atom stereocenters. The standard InChI is InChI=1S/C22H17FN2S/c1-26-22-20(17-11-8-12-18(23)15-17)21(16-9-4-2-5-10-16)24-25(22)19-13-6-3-7-14-19/h2-15H,1H3. The van der Waals surface area contributed by atoms with Gasteiger partial charge in [-0.3, -0.25) is 0 Å². The fraction of sp³-hybridized carbons (Fsp3) is 0.0455. The van der Waals surface area contributed by atoms with Gasteiger partial charge in [-0.1, -0.05) is 60.7 Å². The third-order valence-corrected chi connectivity index (χ3v) is 4.96. The van der Waals surface area contributed by atoms with Crippen molar-refractivity contribution in [1.82, 2.24) is 9.78 Å². The Balaban J connectivity index is 2.03. The summed E-state index contributed by atoms with van der Waals surface area (Å²) in [6, 6.07) is 26.7. The first-order valence-electron chi connectivity index (χ1n) is 8.31. The molecule has 4 heteroatoms. The molecule has 0 amide bonds. The highest BCUT2D eigenvalue weighted by molar-refractivity contribution is 7.98. The second-order valence-corrected chi connectivity index (χ2v) is 6.65. The molecule has 0 saturated carbocycles. The zero-order valence-corrected chi connectivity index (χ0v) is 15.1. The van der Waals surface area contributed by atoms with Crippen LogP contribution < -0.4 is 0 Å². The third kappa shape index (κ3) is 3.04. The first kappa shape index (κ1) is 16.6. The molecule has 0 bridgehead atoms. The second-order valence-electron chi connectivity index (χ2n) is 5.86. The van der Waals surface area contributed by atoms with Crippen LogP contribution in [0.2, 0.25) is 0 Å². The maximum absolute atomic E-state index is 13.9. The Bertz CT molecular complexity index is 1030. The number of hydrogen-bond donors (Lipinski definition) is 0. The van der Waals surface area contributed by atoms with Gasteiger partial charge in [0.05, 0.1) is 5.69 Å². The predicted octanol–water partition coefficient (Wildman–Crippen LogP) is 6.07. The summed E-state index contributed by atoms with van der Waals surface area (Å²) < 4.78 is 15.9. The van der Waals surface area contributed by atoms with Crippen LogP contribution in [-0.4, -0.2) is 16.0 Å². The van der Waals surface area contributed by atoms with Crippen molar-refractivity contribution in [3.63, 3.8) is 0 Å². The summed E-state index contributed by atoms with van der Waals surface area (Å²) in [5, 5.41) is 5.89. The fourth-order valence-corrected chi connectivity index (χ4v) is 3.78. The minimum Gasteiger partial charge on any atom is -0.226 e. The molecule has 2 nitrogen and oxygen atoms in total. The van der Waals surface area contributed by atoms with Gasteiger partial charge in [-0.15, -0.1) is 11.8 Å². The number of aromatic nitrogens is 2. The highest BCUT2D eigenvalue weighted by atomic mass is 32.2. The summed E-state index contributed by atoms with van der Waals surface area (Å²) >= 11 is 1.61. The molecule has 4 rings (SSSR count). The molecule has 0 aliphatic heterocycles. The van der Waals surface area contributed by atoms with Crippen LogP contribution in [0.3, 0.4) is 0 Å². The Hall–Kier alpha value is -2.85. The molecule has 0 fully saturated rings. The quantitative estimate of drug-likeness (QED) is 0.411. The molecule has 0 radical (unpaired) electrons. The van der Waals surface area contributed by atoms with Crippen LogP contribution in [0.4, 0.5) is 4.39 Å². The molecule has 0 aliphatic rings. The van der Waals surface area contributed by atoms with Crippen molar-refractivity contribution >= 4 is 11.8 Å². The Morgan fingerprint density at radius 1 is 0.808 bits per heavy atom. The van der Waals surface area contributed by atoms with E-state index in [-0.39, 0.29) is 5.82 Å². The Kier molecular flexibility index (Phi) is 4.59. The first-order chi connectivity index (χ1) is 12.8. The zero-order chi connectivity index (χ0) is 17.9. The van der Waals surface area contributed by atoms with E-state index in [1.807, 2.05) is 77.7 Å². The van der Waals surface area contributed by atoms with Gasteiger partial charge in [0, 0.05) is 11.1 Å². The van der Waals surface area contributed by atoms with Gasteiger partial charge < -0.3 is 0 Å². The second kappa shape index (κ2) is 7.18. The van der Waals surface area contributed by atoms with Crippen LogP contribution in [-0.2, 0) is 0 Å². The smallest absolute Gasteiger partial charge is 0.123 e. The van der Waals surface area contributed by atoms with Crippen LogP contribution >= 0.6 is 11.8 Å². The van der Waals surface area contributed by atoms with Gasteiger partial charge in [0.1, 0.15) is 16.5 Å². The highest BCUT2D eigenvalue weighted by Crippen LogP contribution is 2.40. The van der Waals surface area contributed by atoms with E-state index in [0.717, 1.165) is 33.1 Å². The van der Waals surface area contributed by atoms with Crippen molar-refractivity contribution in [2.24, 2.45) is 0 Å². The number of para-hydroxylation sites is 1. The molecule has 128 valence electrons. The summed E-state index contributed by atoms with van der Waals surface area (Å²) in [6.45, 7) is 0. The lowest BCUT2D eigenvalue weighted by molar-refractivity contribution is 0.628. The van der Waals surface area contributed by atoms with Gasteiger partial charge in [-0.25, -0.2) is 9.07 Å². The fourth-order valence-electron chi connectivity index (χ4n) is 3.04. The molecule has 0 spiro atoms. The van der Waals surface area contributed by atoms with Gasteiger partial charge in [0.25, 0.3) is 0 Å². The van der Waals surface area contributed by atoms with Crippen molar-refractivity contribution in [2.45, 2.75) is 5.03 Å². The van der Waals surface area contributed by atoms with E-state index in [1.165, 1.54) is 6.07 Å². The summed E-state index contributed by atoms with van der Waals surface area (Å²) in [5.41, 5.74) is 4.63. The molecule has 1 heterocycles. The monoisotopic (exact) mass is 360 g/mol. The van der Waals surface area contributed by atoms with E-state index in [4.69, 9.17) is 5.10 Å². The topological polar surface area (TPSA) is 17.8 Å². The lowest BCUT2D eigenvalue weighted by Crippen LogP contribution is -1.97. The van der Waals surface area contributed by atoms with E-state index in [0.29, 0.717) is 0 Å². The summed E-state index contributed by atoms with van der Waals surface area (Å²) in [6.07, 6.45) is 2.02. The Labute approximate surface area is 156 Å². The molecule has 0 atom stereocenters. The van der Waals surface area contributed by atoms with Crippen LogP contribution in [0.5, 0.6) is 0 Å². The van der Waals surface area contributed by atoms with E-state index < -0.39 is 0 Å². The molecule has 3 aromatic carbocycles. The minimum atomic E-state index is -0.249. The van der Waals surface area contributed by atoms with E-state index >= 15 is 0 Å². The van der Waals surface area contributed by atoms with Gasteiger partial charge in [0.2, 0.25) is 0 Å². The van der Waals surface area contributed by atoms with Gasteiger partial charge in [-0.05, 0) is 36.1 Å². The molecule has 0 saturated heterocycles. The minimum absolute atomic E-state index is 0.249. The normalized spacial score (nSPS) is 10.8. The first-order valence-corrected chi connectivity index (χ1v) is 9.54. The van der Waals surface area contributed by atoms with Crippen molar-refractivity contribution in [3.05, 3.63) is 90.7 Å². The number of thioether (sulfide) groups is 1. The molecule has 0 aliphatic carbocycles. The van der Waals surface area contributed by atoms with Gasteiger partial charge in [-0.2, -0.15) is 5.10 Å². The molecular formula is C22H17FN2S. The average molecular weight is 360 g/mol. The van der Waals surface area contributed by atoms with Crippen molar-refractivity contribution < 1.29 is 4.39 Å². The average Bonchev–Trinajstić information content (AvgIpc) is 3.09. The number of halogens is 1. The Morgan fingerprint density at radius 2 is 1.46 bits per heavy atom. The molecule has 0 N–H and O–H groups in total. The summed E-state index contributed by atoms with van der Waals surface area (Å²) in [7, 11) is 0. The Morgan fingerprint density at radius 3 is 2.12 bits per heavy atom. The maximum atomic E-state index is 13.9. The van der Waals surface area contributed by atoms with E-state index in [2.05, 4.69) is 0 Å². The number of benzene rings is 3.